The maximum absolute atomic E-state index is 13.3. The minimum atomic E-state index is -4.42. The van der Waals surface area contributed by atoms with Crippen LogP contribution in [0.4, 0.5) is 13.2 Å². The van der Waals surface area contributed by atoms with E-state index in [-0.39, 0.29) is 12.0 Å². The van der Waals surface area contributed by atoms with E-state index in [9.17, 15) is 13.2 Å². The Labute approximate surface area is 149 Å². The molecule has 2 saturated heterocycles. The SMILES string of the molecule is [2H]C([2H])([2H])N1CCC[C@@H]1Cc1c([C@@H]2CCOC2)[nH]c2ccc(C(F)(F)F)cc12. The first-order valence-electron chi connectivity index (χ1n) is 10.2. The number of halogens is 3. The second-order valence-corrected chi connectivity index (χ2v) is 7.03. The van der Waals surface area contributed by atoms with Crippen molar-refractivity contribution in [2.75, 3.05) is 26.7 Å². The van der Waals surface area contributed by atoms with Crippen molar-refractivity contribution in [3.05, 3.63) is 35.0 Å². The molecule has 3 heterocycles. The highest BCUT2D eigenvalue weighted by Gasteiger charge is 2.33. The van der Waals surface area contributed by atoms with Crippen molar-refractivity contribution in [2.24, 2.45) is 0 Å². The molecule has 1 aromatic carbocycles. The number of fused-ring (bicyclic) bond motifs is 1. The van der Waals surface area contributed by atoms with E-state index in [0.29, 0.717) is 37.1 Å². The van der Waals surface area contributed by atoms with Gasteiger partial charge in [-0.25, -0.2) is 0 Å². The summed E-state index contributed by atoms with van der Waals surface area (Å²) in [6.07, 6.45) is -1.69. The molecule has 2 aliphatic heterocycles. The second kappa shape index (κ2) is 6.32. The number of hydrogen-bond acceptors (Lipinski definition) is 2. The summed E-state index contributed by atoms with van der Waals surface area (Å²) in [6, 6.07) is 3.54. The molecule has 0 radical (unpaired) electrons. The third-order valence-corrected chi connectivity index (χ3v) is 5.42. The lowest BCUT2D eigenvalue weighted by atomic mass is 9.94. The molecule has 0 aliphatic carbocycles. The first kappa shape index (κ1) is 13.6. The molecule has 4 rings (SSSR count). The number of likely N-dealkylation sites (N-methyl/N-ethyl adjacent to an activating group) is 1. The molecule has 0 saturated carbocycles. The number of aromatic amines is 1. The summed E-state index contributed by atoms with van der Waals surface area (Å²) in [5.41, 5.74) is 1.67. The fourth-order valence-electron chi connectivity index (χ4n) is 4.06. The molecule has 3 nitrogen and oxygen atoms in total. The molecular formula is C19H23F3N2O. The Morgan fingerprint density at radius 2 is 2.24 bits per heavy atom. The number of benzene rings is 1. The Hall–Kier alpha value is -1.53. The van der Waals surface area contributed by atoms with Crippen molar-refractivity contribution in [3.63, 3.8) is 0 Å². The molecule has 6 heteroatoms. The largest absolute Gasteiger partial charge is 0.416 e. The summed E-state index contributed by atoms with van der Waals surface area (Å²) < 4.78 is 68.6. The van der Waals surface area contributed by atoms with Crippen molar-refractivity contribution in [1.82, 2.24) is 9.88 Å². The number of ether oxygens (including phenoxy) is 1. The van der Waals surface area contributed by atoms with Gasteiger partial charge in [-0.15, -0.1) is 0 Å². The fourth-order valence-corrected chi connectivity index (χ4v) is 4.06. The van der Waals surface area contributed by atoms with E-state index in [1.807, 2.05) is 0 Å². The number of hydrogen-bond donors (Lipinski definition) is 1. The molecule has 0 spiro atoms. The zero-order valence-electron chi connectivity index (χ0n) is 16.8. The Morgan fingerprint density at radius 1 is 1.36 bits per heavy atom. The van der Waals surface area contributed by atoms with Crippen LogP contribution >= 0.6 is 0 Å². The van der Waals surface area contributed by atoms with Gasteiger partial charge in [-0.05, 0) is 63.0 Å². The molecule has 0 amide bonds. The van der Waals surface area contributed by atoms with Gasteiger partial charge in [0.2, 0.25) is 0 Å². The monoisotopic (exact) mass is 355 g/mol. The highest BCUT2D eigenvalue weighted by molar-refractivity contribution is 5.86. The summed E-state index contributed by atoms with van der Waals surface area (Å²) in [4.78, 5) is 4.81. The number of nitrogens with one attached hydrogen (secondary N) is 1. The summed E-state index contributed by atoms with van der Waals surface area (Å²) in [7, 11) is 0. The molecule has 1 N–H and O–H groups in total. The number of H-pyrrole nitrogens is 1. The van der Waals surface area contributed by atoms with Crippen LogP contribution in [0.5, 0.6) is 0 Å². The summed E-state index contributed by atoms with van der Waals surface area (Å²) in [5.74, 6) is 0.0966. The van der Waals surface area contributed by atoms with E-state index in [1.54, 1.807) is 0 Å². The fraction of sp³-hybridized carbons (Fsp3) is 0.579. The summed E-state index contributed by atoms with van der Waals surface area (Å²) in [5, 5.41) is 0.536. The molecule has 2 aromatic rings. The van der Waals surface area contributed by atoms with Crippen molar-refractivity contribution in [2.45, 2.75) is 43.8 Å². The minimum Gasteiger partial charge on any atom is -0.381 e. The Bertz CT molecular complexity index is 856. The topological polar surface area (TPSA) is 28.3 Å². The van der Waals surface area contributed by atoms with Crippen LogP contribution in [-0.4, -0.2) is 42.7 Å². The van der Waals surface area contributed by atoms with Crippen LogP contribution in [0.1, 0.15) is 46.1 Å². The standard InChI is InChI=1S/C19H23F3N2O/c1-24-7-2-3-14(24)10-16-15-9-13(19(20,21)22)4-5-17(15)23-18(16)12-6-8-25-11-12/h4-5,9,12,14,23H,2-3,6-8,10-11H2,1H3/t12-,14-/m1/s1/i1D3. The quantitative estimate of drug-likeness (QED) is 0.888. The predicted molar refractivity (Wildman–Crippen MR) is 90.8 cm³/mol. The molecule has 0 bridgehead atoms. The third-order valence-electron chi connectivity index (χ3n) is 5.42. The zero-order valence-corrected chi connectivity index (χ0v) is 13.8. The van der Waals surface area contributed by atoms with E-state index >= 15 is 0 Å². The van der Waals surface area contributed by atoms with Crippen molar-refractivity contribution in [3.8, 4) is 0 Å². The van der Waals surface area contributed by atoms with E-state index in [0.717, 1.165) is 36.6 Å². The van der Waals surface area contributed by atoms with Crippen LogP contribution in [0, 0.1) is 0 Å². The van der Waals surface area contributed by atoms with E-state index < -0.39 is 18.7 Å². The van der Waals surface area contributed by atoms with E-state index in [1.165, 1.54) is 17.0 Å². The van der Waals surface area contributed by atoms with Gasteiger partial charge in [-0.2, -0.15) is 13.2 Å². The van der Waals surface area contributed by atoms with Gasteiger partial charge < -0.3 is 14.6 Å². The van der Waals surface area contributed by atoms with Crippen LogP contribution in [0.25, 0.3) is 10.9 Å². The summed E-state index contributed by atoms with van der Waals surface area (Å²) in [6.45, 7) is -0.558. The Morgan fingerprint density at radius 3 is 2.96 bits per heavy atom. The number of aromatic nitrogens is 1. The van der Waals surface area contributed by atoms with E-state index in [2.05, 4.69) is 4.98 Å². The first-order valence-corrected chi connectivity index (χ1v) is 8.71. The van der Waals surface area contributed by atoms with Gasteiger partial charge in [0.1, 0.15) is 0 Å². The van der Waals surface area contributed by atoms with Gasteiger partial charge in [0.15, 0.2) is 0 Å². The van der Waals surface area contributed by atoms with Gasteiger partial charge >= 0.3 is 6.18 Å². The van der Waals surface area contributed by atoms with Crippen molar-refractivity contribution >= 4 is 10.9 Å². The minimum absolute atomic E-state index is 0.0966. The maximum Gasteiger partial charge on any atom is 0.416 e. The first-order chi connectivity index (χ1) is 13.1. The number of likely N-dealkylation sites (tertiary alicyclic amines) is 1. The van der Waals surface area contributed by atoms with Gasteiger partial charge in [-0.3, -0.25) is 0 Å². The van der Waals surface area contributed by atoms with Gasteiger partial charge in [0.25, 0.3) is 0 Å². The molecule has 136 valence electrons. The lowest BCUT2D eigenvalue weighted by molar-refractivity contribution is -0.137. The average molecular weight is 355 g/mol. The molecule has 0 unspecified atom stereocenters. The lowest BCUT2D eigenvalue weighted by Crippen LogP contribution is -2.27. The van der Waals surface area contributed by atoms with Crippen LogP contribution in [0.15, 0.2) is 18.2 Å². The number of rotatable bonds is 3. The smallest absolute Gasteiger partial charge is 0.381 e. The van der Waals surface area contributed by atoms with Gasteiger partial charge in [-0.1, -0.05) is 0 Å². The van der Waals surface area contributed by atoms with Crippen LogP contribution in [0.2, 0.25) is 0 Å². The summed E-state index contributed by atoms with van der Waals surface area (Å²) >= 11 is 0. The molecule has 1 aromatic heterocycles. The Balaban J connectivity index is 1.78. The maximum atomic E-state index is 13.3. The van der Waals surface area contributed by atoms with Gasteiger partial charge in [0, 0.05) is 39.3 Å². The van der Waals surface area contributed by atoms with Crippen molar-refractivity contribution < 1.29 is 22.0 Å². The van der Waals surface area contributed by atoms with E-state index in [4.69, 9.17) is 8.85 Å². The molecule has 25 heavy (non-hydrogen) atoms. The van der Waals surface area contributed by atoms with Gasteiger partial charge in [0.05, 0.1) is 12.2 Å². The van der Waals surface area contributed by atoms with Crippen molar-refractivity contribution in [1.29, 1.82) is 0 Å². The third kappa shape index (κ3) is 3.17. The highest BCUT2D eigenvalue weighted by atomic mass is 19.4. The molecule has 2 fully saturated rings. The number of alkyl halides is 3. The zero-order chi connectivity index (χ0) is 20.1. The molecular weight excluding hydrogens is 329 g/mol. The number of nitrogens with zero attached hydrogens (tertiary/aromatic N) is 1. The predicted octanol–water partition coefficient (Wildman–Crippen LogP) is 4.33. The normalized spacial score (nSPS) is 27.6. The average Bonchev–Trinajstić information content (AvgIpc) is 3.32. The molecule has 2 atom stereocenters. The second-order valence-electron chi connectivity index (χ2n) is 7.03. The van der Waals surface area contributed by atoms with Crippen LogP contribution in [0.3, 0.4) is 0 Å². The Kier molecular flexibility index (Phi) is 3.45. The molecule has 2 aliphatic rings. The van der Waals surface area contributed by atoms with Crippen LogP contribution < -0.4 is 0 Å². The highest BCUT2D eigenvalue weighted by Crippen LogP contribution is 2.38. The van der Waals surface area contributed by atoms with Crippen LogP contribution in [-0.2, 0) is 17.3 Å². The lowest BCUT2D eigenvalue weighted by Gasteiger charge is -2.21.